The molecule has 128 heavy (non-hydrogen) atoms. The molecule has 0 spiro atoms. The minimum atomic E-state index is 0.881. The first kappa shape index (κ1) is 78.3. The second kappa shape index (κ2) is 35.9. The van der Waals surface area contributed by atoms with Gasteiger partial charge in [-0.2, -0.15) is 0 Å². The summed E-state index contributed by atoms with van der Waals surface area (Å²) in [6.45, 7) is 0. The summed E-state index contributed by atoms with van der Waals surface area (Å²) in [5.41, 5.74) is 30.7. The third-order valence-electron chi connectivity index (χ3n) is 23.6. The van der Waals surface area contributed by atoms with Gasteiger partial charge in [-0.05, 0) is 200 Å². The van der Waals surface area contributed by atoms with E-state index in [2.05, 4.69) is 374 Å². The molecule has 0 atom stereocenters. The Hall–Kier alpha value is -16.9. The highest BCUT2D eigenvalue weighted by Gasteiger charge is 2.18. The van der Waals surface area contributed by atoms with Gasteiger partial charge in [-0.3, -0.25) is 0 Å². The molecule has 0 amide bonds. The lowest BCUT2D eigenvalue weighted by Gasteiger charge is -2.11. The lowest BCUT2D eigenvalue weighted by molar-refractivity contribution is 0.668. The highest BCUT2D eigenvalue weighted by Crippen LogP contribution is 2.42. The van der Waals surface area contributed by atoms with Crippen LogP contribution in [0.2, 0.25) is 0 Å². The predicted octanol–water partition coefficient (Wildman–Crippen LogP) is 34.2. The molecule has 0 radical (unpaired) electrons. The molecule has 0 unspecified atom stereocenters. The Bertz CT molecular complexity index is 8190. The third-order valence-corrected chi connectivity index (χ3v) is 23.6. The lowest BCUT2D eigenvalue weighted by atomic mass is 9.93. The molecule has 25 rings (SSSR count). The zero-order valence-corrected chi connectivity index (χ0v) is 70.0. The van der Waals surface area contributed by atoms with E-state index in [0.29, 0.717) is 0 Å². The van der Waals surface area contributed by atoms with Crippen molar-refractivity contribution in [2.24, 2.45) is 0 Å². The Labute approximate surface area is 740 Å². The summed E-state index contributed by atoms with van der Waals surface area (Å²) >= 11 is 0. The molecule has 8 heteroatoms. The van der Waals surface area contributed by atoms with E-state index in [1.54, 1.807) is 0 Å². The molecule has 25 aromatic rings. The molecule has 3 N–H and O–H groups in total. The highest BCUT2D eigenvalue weighted by molar-refractivity contribution is 6.14. The topological polar surface area (TPSA) is 102 Å². The Kier molecular flexibility index (Phi) is 21.9. The van der Waals surface area contributed by atoms with Crippen LogP contribution in [0.4, 0.5) is 34.1 Å². The number of para-hydroxylation sites is 6. The van der Waals surface area contributed by atoms with E-state index in [1.807, 2.05) is 115 Å². The molecular weight excluding hydrogens is 1560 g/mol. The molecule has 5 heterocycles. The van der Waals surface area contributed by atoms with E-state index in [-0.39, 0.29) is 0 Å². The van der Waals surface area contributed by atoms with Crippen molar-refractivity contribution in [1.29, 1.82) is 0 Å². The normalized spacial score (nSPS) is 11.2. The van der Waals surface area contributed by atoms with Crippen LogP contribution in [0.25, 0.3) is 165 Å². The number of anilines is 6. The van der Waals surface area contributed by atoms with Crippen LogP contribution in [-0.2, 0) is 12.8 Å². The van der Waals surface area contributed by atoms with Gasteiger partial charge in [0.25, 0.3) is 0 Å². The molecule has 0 aliphatic carbocycles. The van der Waals surface area contributed by atoms with Gasteiger partial charge in [0.05, 0.1) is 5.69 Å². The Morgan fingerprint density at radius 3 is 1.21 bits per heavy atom. The van der Waals surface area contributed by atoms with Crippen molar-refractivity contribution in [3.05, 3.63) is 495 Å². The maximum atomic E-state index is 6.11. The Morgan fingerprint density at radius 1 is 0.172 bits per heavy atom. The zero-order valence-electron chi connectivity index (χ0n) is 70.0. The van der Waals surface area contributed by atoms with Crippen molar-refractivity contribution < 1.29 is 22.1 Å². The Morgan fingerprint density at radius 2 is 0.555 bits per heavy atom. The third kappa shape index (κ3) is 16.7. The Balaban J connectivity index is 0.0000000973. The second-order valence-corrected chi connectivity index (χ2v) is 31.9. The van der Waals surface area contributed by atoms with Gasteiger partial charge in [-0.15, -0.1) is 0 Å². The molecule has 0 aliphatic rings. The van der Waals surface area contributed by atoms with E-state index in [0.717, 1.165) is 135 Å². The standard InChI is InChI=1S/2C25H18O.2C24H17NO.C22H15NO/c1-2-9-18(10-3-1)21-13-5-4-11-19(21)17-20-12-8-16-24-25(20)22-14-6-7-15-23(22)26-24;1-2-6-20(7-3-1)21-13-10-18(11-14-21)16-19-12-15-23-22-8-4-5-9-24(22)26-25(23)17-19;1-3-8-17(9-4-1)20-12-7-13-23-24(20)21-16-19(14-15-22(21)26-23)25-18-10-5-2-6-11-18;1-2-6-17(7-3-1)18-10-12-19(13-11-18)25-20-14-15-24-22(16-20)21-8-4-5-9-23(21)26-24;1-2-9-16-15(7-1)8-5-12-19(16)23-20-13-6-11-18-17-10-3-4-14-21(17)24-22(18)20/h1-16H,17H2;1-15,17H,16H2;2*1-16,25H;1-14,23H. The average Bonchev–Trinajstić information content (AvgIpc) is 1.62. The van der Waals surface area contributed by atoms with Gasteiger partial charge in [0, 0.05) is 87.7 Å². The van der Waals surface area contributed by atoms with Crippen LogP contribution in [-0.4, -0.2) is 0 Å². The first-order valence-corrected chi connectivity index (χ1v) is 43.3. The summed E-state index contributed by atoms with van der Waals surface area (Å²) < 4.78 is 30.1. The first-order chi connectivity index (χ1) is 63.4. The van der Waals surface area contributed by atoms with Gasteiger partial charge >= 0.3 is 0 Å². The average molecular weight is 1650 g/mol. The van der Waals surface area contributed by atoms with Crippen molar-refractivity contribution in [2.75, 3.05) is 16.0 Å². The second-order valence-electron chi connectivity index (χ2n) is 31.9. The first-order valence-electron chi connectivity index (χ1n) is 43.3. The number of hydrogen-bond acceptors (Lipinski definition) is 8. The summed E-state index contributed by atoms with van der Waals surface area (Å²) in [5, 5.41) is 24.6. The van der Waals surface area contributed by atoms with E-state index < -0.39 is 0 Å². The highest BCUT2D eigenvalue weighted by atomic mass is 16.3. The number of hydrogen-bond donors (Lipinski definition) is 3. The van der Waals surface area contributed by atoms with Gasteiger partial charge in [-0.25, -0.2) is 0 Å². The molecule has 0 bridgehead atoms. The smallest absolute Gasteiger partial charge is 0.158 e. The minimum absolute atomic E-state index is 0.881. The molecule has 5 aromatic heterocycles. The number of nitrogens with one attached hydrogen (secondary N) is 3. The van der Waals surface area contributed by atoms with E-state index >= 15 is 0 Å². The van der Waals surface area contributed by atoms with Gasteiger partial charge in [0.1, 0.15) is 50.2 Å². The molecule has 0 aliphatic heterocycles. The van der Waals surface area contributed by atoms with Crippen molar-refractivity contribution in [3.8, 4) is 44.5 Å². The zero-order chi connectivity index (χ0) is 85.3. The van der Waals surface area contributed by atoms with Crippen LogP contribution in [0.3, 0.4) is 0 Å². The summed E-state index contributed by atoms with van der Waals surface area (Å²) in [6.07, 6.45) is 1.79. The minimum Gasteiger partial charge on any atom is -0.456 e. The van der Waals surface area contributed by atoms with Gasteiger partial charge < -0.3 is 38.0 Å². The maximum absolute atomic E-state index is 6.11. The molecule has 0 fully saturated rings. The maximum Gasteiger partial charge on any atom is 0.158 e. The monoisotopic (exact) mass is 1650 g/mol. The molecule has 20 aromatic carbocycles. The van der Waals surface area contributed by atoms with E-state index in [1.165, 1.54) is 99.1 Å². The predicted molar refractivity (Wildman–Crippen MR) is 536 cm³/mol. The van der Waals surface area contributed by atoms with Gasteiger partial charge in [0.15, 0.2) is 5.58 Å². The molecule has 0 saturated heterocycles. The summed E-state index contributed by atoms with van der Waals surface area (Å²) in [5.74, 6) is 0. The van der Waals surface area contributed by atoms with Gasteiger partial charge in [0.2, 0.25) is 0 Å². The number of furan rings is 5. The van der Waals surface area contributed by atoms with Crippen molar-refractivity contribution in [1.82, 2.24) is 0 Å². The van der Waals surface area contributed by atoms with Crippen LogP contribution in [0.1, 0.15) is 22.3 Å². The summed E-state index contributed by atoms with van der Waals surface area (Å²) in [7, 11) is 0. The fourth-order valence-electron chi connectivity index (χ4n) is 17.5. The quantitative estimate of drug-likeness (QED) is 0.0990. The number of benzene rings is 20. The summed E-state index contributed by atoms with van der Waals surface area (Å²) in [6, 6.07) is 163. The lowest BCUT2D eigenvalue weighted by Crippen LogP contribution is -1.93. The number of rotatable bonds is 14. The van der Waals surface area contributed by atoms with Crippen molar-refractivity contribution >= 4 is 155 Å². The van der Waals surface area contributed by atoms with Crippen LogP contribution in [0.15, 0.2) is 495 Å². The van der Waals surface area contributed by atoms with E-state index in [4.69, 9.17) is 22.1 Å². The van der Waals surface area contributed by atoms with Crippen LogP contribution < -0.4 is 16.0 Å². The van der Waals surface area contributed by atoms with Gasteiger partial charge in [-0.1, -0.05) is 358 Å². The summed E-state index contributed by atoms with van der Waals surface area (Å²) in [4.78, 5) is 0. The van der Waals surface area contributed by atoms with Crippen LogP contribution >= 0.6 is 0 Å². The van der Waals surface area contributed by atoms with E-state index in [9.17, 15) is 0 Å². The van der Waals surface area contributed by atoms with Crippen molar-refractivity contribution in [3.63, 3.8) is 0 Å². The largest absolute Gasteiger partial charge is 0.456 e. The SMILES string of the molecule is c1ccc(-c2ccc(Cc3ccc4c(c3)oc3ccccc34)cc2)cc1.c1ccc(-c2ccc(Nc3ccc4oc5ccccc5c4c3)cc2)cc1.c1ccc(-c2ccccc2Cc2cccc3oc4ccccc4c23)cc1.c1ccc(Nc2ccc3oc4cccc(-c5ccccc5)c4c3c2)cc1.c1ccc2c(Nc3cccc4c3oc3ccccc34)cccc2c1. The van der Waals surface area contributed by atoms with Crippen LogP contribution in [0, 0.1) is 0 Å². The fraction of sp³-hybridized carbons (Fsp3) is 0.0167. The molecule has 8 nitrogen and oxygen atoms in total. The fourth-order valence-corrected chi connectivity index (χ4v) is 17.5. The van der Waals surface area contributed by atoms with Crippen LogP contribution in [0.5, 0.6) is 0 Å². The van der Waals surface area contributed by atoms with Crippen molar-refractivity contribution in [2.45, 2.75) is 12.8 Å². The molecule has 610 valence electrons. The number of fused-ring (bicyclic) bond motifs is 16. The molecule has 0 saturated carbocycles. The molecular formula is C120H85N3O5.